The first-order chi connectivity index (χ1) is 19.8. The zero-order valence-corrected chi connectivity index (χ0v) is 24.5. The van der Waals surface area contributed by atoms with E-state index in [0.29, 0.717) is 5.75 Å². The summed E-state index contributed by atoms with van der Waals surface area (Å²) in [5, 5.41) is 15.8. The van der Waals surface area contributed by atoms with Gasteiger partial charge in [0.2, 0.25) is 11.8 Å². The summed E-state index contributed by atoms with van der Waals surface area (Å²) in [6.07, 6.45) is 1.17. The first-order valence-corrected chi connectivity index (χ1v) is 13.8. The van der Waals surface area contributed by atoms with Crippen LogP contribution in [0.3, 0.4) is 0 Å². The highest BCUT2D eigenvalue weighted by atomic mass is 16.6. The minimum atomic E-state index is -1.48. The predicted octanol–water partition coefficient (Wildman–Crippen LogP) is 2.66. The van der Waals surface area contributed by atoms with E-state index in [2.05, 4.69) is 22.2 Å². The number of nitrogens with zero attached hydrogens (tertiary/aromatic N) is 2. The largest absolute Gasteiger partial charge is 0.488 e. The molecule has 1 aliphatic carbocycles. The Balaban J connectivity index is 1.62. The first kappa shape index (κ1) is 30.8. The molecule has 42 heavy (non-hydrogen) atoms. The maximum Gasteiger partial charge on any atom is 0.408 e. The van der Waals surface area contributed by atoms with E-state index in [4.69, 9.17) is 14.2 Å². The Hall–Kier alpha value is -4.19. The molecule has 1 aromatic heterocycles. The van der Waals surface area contributed by atoms with E-state index in [0.717, 1.165) is 10.9 Å². The number of carboxylic acid groups (broad SMARTS) is 1. The van der Waals surface area contributed by atoms with Crippen LogP contribution in [0.5, 0.6) is 5.75 Å². The number of methoxy groups -OCH3 is 1. The second-order valence-corrected chi connectivity index (χ2v) is 11.7. The number of carboxylic acids is 1. The fraction of sp³-hybridized carbons (Fsp3) is 0.500. The average Bonchev–Trinajstić information content (AvgIpc) is 3.50. The van der Waals surface area contributed by atoms with E-state index >= 15 is 0 Å². The molecular formula is C30H38N4O8. The Bertz CT molecular complexity index is 1370. The van der Waals surface area contributed by atoms with Crippen molar-refractivity contribution in [1.29, 1.82) is 0 Å². The molecule has 2 aromatic rings. The van der Waals surface area contributed by atoms with E-state index in [-0.39, 0.29) is 19.4 Å². The number of amides is 3. The molecule has 1 saturated heterocycles. The summed E-state index contributed by atoms with van der Waals surface area (Å²) in [6.45, 7) is 10.4. The fourth-order valence-electron chi connectivity index (χ4n) is 5.17. The fourth-order valence-corrected chi connectivity index (χ4v) is 5.17. The number of aliphatic carboxylic acids is 1. The summed E-state index contributed by atoms with van der Waals surface area (Å²) in [5.74, 6) is -2.31. The third kappa shape index (κ3) is 6.48. The van der Waals surface area contributed by atoms with Gasteiger partial charge in [0.1, 0.15) is 35.1 Å². The zero-order valence-electron chi connectivity index (χ0n) is 24.5. The van der Waals surface area contributed by atoms with Crippen LogP contribution in [0.4, 0.5) is 4.79 Å². The van der Waals surface area contributed by atoms with Gasteiger partial charge in [-0.3, -0.25) is 14.6 Å². The van der Waals surface area contributed by atoms with E-state index < -0.39 is 65.2 Å². The van der Waals surface area contributed by atoms with E-state index in [1.165, 1.54) is 18.1 Å². The lowest BCUT2D eigenvalue weighted by molar-refractivity contribution is -0.146. The third-order valence-corrected chi connectivity index (χ3v) is 7.56. The Morgan fingerprint density at radius 2 is 1.93 bits per heavy atom. The van der Waals surface area contributed by atoms with Crippen LogP contribution in [-0.4, -0.2) is 88.0 Å². The molecule has 6 atom stereocenters. The van der Waals surface area contributed by atoms with Gasteiger partial charge in [-0.25, -0.2) is 9.59 Å². The second-order valence-electron chi connectivity index (χ2n) is 11.7. The summed E-state index contributed by atoms with van der Waals surface area (Å²) in [6, 6.07) is 6.85. The van der Waals surface area contributed by atoms with Gasteiger partial charge in [-0.05, 0) is 52.3 Å². The van der Waals surface area contributed by atoms with Crippen LogP contribution in [0.1, 0.15) is 40.5 Å². The number of carbonyl (C=O) groups excluding carboxylic acids is 3. The number of aromatic nitrogens is 1. The maximum absolute atomic E-state index is 14.0. The van der Waals surface area contributed by atoms with Crippen LogP contribution in [0.2, 0.25) is 0 Å². The SMILES string of the molecule is C=C[C@H]1CC1(NC(=O)[C@@H]1C[C@@H](Oc2ccnc3ccccc23)CN1C(=O)[C@@H](NC(=O)OC(C)(C)C)[C@H](C)OC)C(=O)O. The highest BCUT2D eigenvalue weighted by Crippen LogP contribution is 2.45. The Labute approximate surface area is 244 Å². The monoisotopic (exact) mass is 582 g/mol. The number of alkyl carbamates (subject to hydrolysis) is 1. The molecule has 226 valence electrons. The molecule has 2 heterocycles. The highest BCUT2D eigenvalue weighted by Gasteiger charge is 2.61. The lowest BCUT2D eigenvalue weighted by atomic mass is 10.1. The van der Waals surface area contributed by atoms with Gasteiger partial charge in [0.25, 0.3) is 0 Å². The van der Waals surface area contributed by atoms with Gasteiger partial charge in [0.15, 0.2) is 0 Å². The molecule has 1 saturated carbocycles. The van der Waals surface area contributed by atoms with Crippen molar-refractivity contribution in [2.75, 3.05) is 13.7 Å². The van der Waals surface area contributed by atoms with Crippen LogP contribution in [0.15, 0.2) is 49.2 Å². The predicted molar refractivity (Wildman–Crippen MR) is 153 cm³/mol. The molecule has 2 aliphatic rings. The van der Waals surface area contributed by atoms with Crippen molar-refractivity contribution in [3.05, 3.63) is 49.2 Å². The third-order valence-electron chi connectivity index (χ3n) is 7.56. The van der Waals surface area contributed by atoms with Crippen LogP contribution in [0.25, 0.3) is 10.9 Å². The molecule has 1 unspecified atom stereocenters. The molecule has 3 amide bonds. The number of likely N-dealkylation sites (tertiary alicyclic amines) is 1. The lowest BCUT2D eigenvalue weighted by Gasteiger charge is -2.32. The van der Waals surface area contributed by atoms with Crippen molar-refractivity contribution >= 4 is 34.8 Å². The number of hydrogen-bond acceptors (Lipinski definition) is 8. The van der Waals surface area contributed by atoms with Crippen LogP contribution >= 0.6 is 0 Å². The number of fused-ring (bicyclic) bond motifs is 1. The standard InChI is InChI=1S/C30H38N4O8/c1-7-18-15-30(18,27(37)38)33-25(35)22-14-19(41-23-12-13-31-21-11-9-8-10-20(21)23)16-34(22)26(36)24(17(2)40-6)32-28(39)42-29(3,4)5/h7-13,17-19,22,24H,1,14-16H2,2-6H3,(H,32,39)(H,33,35)(H,37,38)/t17-,18-,19+,22-,24-,30?/m0/s1. The van der Waals surface area contributed by atoms with Crippen LogP contribution in [0, 0.1) is 5.92 Å². The van der Waals surface area contributed by atoms with Gasteiger partial charge in [-0.15, -0.1) is 6.58 Å². The van der Waals surface area contributed by atoms with Crippen molar-refractivity contribution in [2.24, 2.45) is 5.92 Å². The molecule has 0 bridgehead atoms. The van der Waals surface area contributed by atoms with Gasteiger partial charge < -0.3 is 34.9 Å². The Morgan fingerprint density at radius 1 is 1.21 bits per heavy atom. The molecule has 12 heteroatoms. The van der Waals surface area contributed by atoms with Crippen molar-refractivity contribution in [3.8, 4) is 5.75 Å². The summed E-state index contributed by atoms with van der Waals surface area (Å²) in [5.41, 5.74) is -1.58. The number of rotatable bonds is 10. The zero-order chi connectivity index (χ0) is 30.8. The summed E-state index contributed by atoms with van der Waals surface area (Å²) in [7, 11) is 1.40. The highest BCUT2D eigenvalue weighted by molar-refractivity contribution is 5.96. The minimum absolute atomic E-state index is 0.00145. The number of benzene rings is 1. The number of hydrogen-bond donors (Lipinski definition) is 3. The minimum Gasteiger partial charge on any atom is -0.488 e. The number of nitrogens with one attached hydrogen (secondary N) is 2. The van der Waals surface area contributed by atoms with Crippen molar-refractivity contribution < 1.29 is 38.5 Å². The second kappa shape index (κ2) is 12.0. The summed E-state index contributed by atoms with van der Waals surface area (Å²) >= 11 is 0. The smallest absolute Gasteiger partial charge is 0.408 e. The molecule has 12 nitrogen and oxygen atoms in total. The van der Waals surface area contributed by atoms with E-state index in [1.807, 2.05) is 24.3 Å². The lowest BCUT2D eigenvalue weighted by Crippen LogP contribution is -2.59. The number of ether oxygens (including phenoxy) is 3. The molecule has 0 spiro atoms. The quantitative estimate of drug-likeness (QED) is 0.358. The maximum atomic E-state index is 14.0. The molecule has 0 radical (unpaired) electrons. The molecule has 3 N–H and O–H groups in total. The van der Waals surface area contributed by atoms with Crippen molar-refractivity contribution in [3.63, 3.8) is 0 Å². The van der Waals surface area contributed by atoms with E-state index in [9.17, 15) is 24.3 Å². The van der Waals surface area contributed by atoms with Gasteiger partial charge in [-0.1, -0.05) is 18.2 Å². The van der Waals surface area contributed by atoms with Gasteiger partial charge >= 0.3 is 12.1 Å². The summed E-state index contributed by atoms with van der Waals surface area (Å²) in [4.78, 5) is 58.0. The molecule has 4 rings (SSSR count). The Kier molecular flexibility index (Phi) is 8.76. The van der Waals surface area contributed by atoms with E-state index in [1.54, 1.807) is 40.0 Å². The molecule has 2 fully saturated rings. The van der Waals surface area contributed by atoms with Crippen LogP contribution in [-0.2, 0) is 23.9 Å². The molecule has 1 aliphatic heterocycles. The number of pyridine rings is 1. The first-order valence-electron chi connectivity index (χ1n) is 13.8. The van der Waals surface area contributed by atoms with Crippen LogP contribution < -0.4 is 15.4 Å². The Morgan fingerprint density at radius 3 is 2.55 bits per heavy atom. The van der Waals surface area contributed by atoms with Gasteiger partial charge in [0, 0.05) is 31.0 Å². The normalized spacial score (nSPS) is 24.8. The van der Waals surface area contributed by atoms with Gasteiger partial charge in [0.05, 0.1) is 18.2 Å². The van der Waals surface area contributed by atoms with Crippen molar-refractivity contribution in [2.45, 2.75) is 76.0 Å². The van der Waals surface area contributed by atoms with Crippen molar-refractivity contribution in [1.82, 2.24) is 20.5 Å². The molecule has 1 aromatic carbocycles. The molecular weight excluding hydrogens is 544 g/mol. The average molecular weight is 583 g/mol. The summed E-state index contributed by atoms with van der Waals surface area (Å²) < 4.78 is 17.1. The number of para-hydroxylation sites is 1. The number of carbonyl (C=O) groups is 4. The topological polar surface area (TPSA) is 156 Å². The van der Waals surface area contributed by atoms with Gasteiger partial charge in [-0.2, -0.15) is 0 Å².